The minimum absolute atomic E-state index is 0.0450. The lowest BCUT2D eigenvalue weighted by atomic mass is 10.3. The van der Waals surface area contributed by atoms with E-state index in [1.54, 1.807) is 28.9 Å². The molecule has 0 spiro atoms. The first-order chi connectivity index (χ1) is 5.22. The van der Waals surface area contributed by atoms with Crippen molar-refractivity contribution in [1.29, 1.82) is 0 Å². The molecular formula is C6H5I2NO2. The number of carbonyl (C=O) groups is 1. The van der Waals surface area contributed by atoms with Gasteiger partial charge in [0.05, 0.1) is 29.3 Å². The van der Waals surface area contributed by atoms with Gasteiger partial charge >= 0.3 is 0 Å². The molecule has 1 N–H and O–H groups in total. The van der Waals surface area contributed by atoms with E-state index in [0.717, 1.165) is 3.77 Å². The van der Waals surface area contributed by atoms with Crippen LogP contribution in [0.3, 0.4) is 0 Å². The Morgan fingerprint density at radius 3 is 2.82 bits per heavy atom. The molecule has 0 saturated heterocycles. The van der Waals surface area contributed by atoms with Crippen LogP contribution in [0.5, 0.6) is 0 Å². The summed E-state index contributed by atoms with van der Waals surface area (Å²) in [6.07, 6.45) is 0.311. The first-order valence-corrected chi connectivity index (χ1v) is 5.02. The van der Waals surface area contributed by atoms with Crippen molar-refractivity contribution in [3.8, 4) is 0 Å². The standard InChI is InChI=1S/C6H5I2NO2/c7-5-2-1-4(11-5)3-6(10)9-8/h1-2H,3H2,(H,9,10). The molecule has 0 radical (unpaired) electrons. The number of hydrogen-bond donors (Lipinski definition) is 1. The molecule has 0 atom stereocenters. The van der Waals surface area contributed by atoms with Crippen molar-refractivity contribution in [2.24, 2.45) is 0 Å². The monoisotopic (exact) mass is 377 g/mol. The van der Waals surface area contributed by atoms with E-state index in [2.05, 4.69) is 26.1 Å². The fourth-order valence-electron chi connectivity index (χ4n) is 0.638. The van der Waals surface area contributed by atoms with Crippen LogP contribution in [-0.4, -0.2) is 5.91 Å². The fourth-order valence-corrected chi connectivity index (χ4v) is 1.29. The summed E-state index contributed by atoms with van der Waals surface area (Å²) in [7, 11) is 0. The normalized spacial score (nSPS) is 9.64. The quantitative estimate of drug-likeness (QED) is 0.632. The van der Waals surface area contributed by atoms with Crippen molar-refractivity contribution >= 4 is 51.4 Å². The van der Waals surface area contributed by atoms with Gasteiger partial charge in [0.2, 0.25) is 5.91 Å². The van der Waals surface area contributed by atoms with Crippen molar-refractivity contribution in [2.45, 2.75) is 6.42 Å². The van der Waals surface area contributed by atoms with Crippen LogP contribution in [-0.2, 0) is 11.2 Å². The molecular weight excluding hydrogens is 372 g/mol. The van der Waals surface area contributed by atoms with Crippen molar-refractivity contribution in [3.05, 3.63) is 21.7 Å². The van der Waals surface area contributed by atoms with Crippen molar-refractivity contribution in [1.82, 2.24) is 3.53 Å². The lowest BCUT2D eigenvalue weighted by Crippen LogP contribution is -2.13. The van der Waals surface area contributed by atoms with E-state index in [1.165, 1.54) is 0 Å². The Balaban J connectivity index is 2.57. The number of nitrogens with one attached hydrogen (secondary N) is 1. The average Bonchev–Trinajstić information content (AvgIpc) is 2.35. The molecule has 0 aliphatic rings. The highest BCUT2D eigenvalue weighted by molar-refractivity contribution is 14.1. The van der Waals surface area contributed by atoms with Crippen LogP contribution in [0, 0.1) is 3.77 Å². The van der Waals surface area contributed by atoms with E-state index in [9.17, 15) is 4.79 Å². The number of halogens is 2. The third-order valence-corrected chi connectivity index (χ3v) is 2.25. The van der Waals surface area contributed by atoms with E-state index in [1.807, 2.05) is 6.07 Å². The van der Waals surface area contributed by atoms with Gasteiger partial charge in [0.1, 0.15) is 5.76 Å². The topological polar surface area (TPSA) is 42.2 Å². The average molecular weight is 377 g/mol. The van der Waals surface area contributed by atoms with Gasteiger partial charge in [-0.3, -0.25) is 8.32 Å². The Morgan fingerprint density at radius 1 is 1.64 bits per heavy atom. The third kappa shape index (κ3) is 2.97. The van der Waals surface area contributed by atoms with Crippen molar-refractivity contribution < 1.29 is 9.21 Å². The lowest BCUT2D eigenvalue weighted by molar-refractivity contribution is -0.118. The lowest BCUT2D eigenvalue weighted by Gasteiger charge is -1.92. The zero-order chi connectivity index (χ0) is 8.27. The highest BCUT2D eigenvalue weighted by Gasteiger charge is 2.04. The first kappa shape index (κ1) is 9.30. The Bertz CT molecular complexity index is 259. The van der Waals surface area contributed by atoms with Gasteiger partial charge in [0.15, 0.2) is 3.77 Å². The molecule has 0 bridgehead atoms. The third-order valence-electron chi connectivity index (χ3n) is 1.07. The summed E-state index contributed by atoms with van der Waals surface area (Å²) in [5.74, 6) is 0.653. The molecule has 0 aromatic carbocycles. The van der Waals surface area contributed by atoms with Crippen LogP contribution in [0.25, 0.3) is 0 Å². The van der Waals surface area contributed by atoms with Gasteiger partial charge in [-0.25, -0.2) is 0 Å². The Hall–Kier alpha value is 0.210. The summed E-state index contributed by atoms with van der Waals surface area (Å²) >= 11 is 3.86. The van der Waals surface area contributed by atoms with Crippen LogP contribution in [0.15, 0.2) is 16.5 Å². The Kier molecular flexibility index (Phi) is 3.63. The molecule has 0 saturated carbocycles. The van der Waals surface area contributed by atoms with Crippen LogP contribution < -0.4 is 3.53 Å². The van der Waals surface area contributed by atoms with Crippen molar-refractivity contribution in [2.75, 3.05) is 0 Å². The summed E-state index contributed by atoms with van der Waals surface area (Å²) in [4.78, 5) is 10.8. The zero-order valence-electron chi connectivity index (χ0n) is 5.43. The maximum Gasteiger partial charge on any atom is 0.236 e. The van der Waals surface area contributed by atoms with Gasteiger partial charge in [-0.15, -0.1) is 0 Å². The number of furan rings is 1. The molecule has 1 aromatic heterocycles. The highest BCUT2D eigenvalue weighted by atomic mass is 127. The summed E-state index contributed by atoms with van der Waals surface area (Å²) in [6, 6.07) is 3.63. The second-order valence-electron chi connectivity index (χ2n) is 1.90. The molecule has 0 fully saturated rings. The molecule has 1 aromatic rings. The van der Waals surface area contributed by atoms with Crippen LogP contribution in [0.4, 0.5) is 0 Å². The molecule has 60 valence electrons. The zero-order valence-corrected chi connectivity index (χ0v) is 9.75. The minimum atomic E-state index is -0.0450. The molecule has 0 unspecified atom stereocenters. The second kappa shape index (κ2) is 4.29. The molecule has 11 heavy (non-hydrogen) atoms. The van der Waals surface area contributed by atoms with Gasteiger partial charge < -0.3 is 4.42 Å². The SMILES string of the molecule is O=C(Cc1ccc(I)o1)NI. The number of hydrogen-bond acceptors (Lipinski definition) is 2. The summed E-state index contributed by atoms with van der Waals surface area (Å²) in [5.41, 5.74) is 0. The number of carbonyl (C=O) groups excluding carboxylic acids is 1. The predicted molar refractivity (Wildman–Crippen MR) is 57.3 cm³/mol. The maximum absolute atomic E-state index is 10.8. The van der Waals surface area contributed by atoms with Gasteiger partial charge in [-0.05, 0) is 34.7 Å². The first-order valence-electron chi connectivity index (χ1n) is 2.86. The van der Waals surface area contributed by atoms with Gasteiger partial charge in [0, 0.05) is 0 Å². The number of amides is 1. The van der Waals surface area contributed by atoms with Gasteiger partial charge in [-0.2, -0.15) is 0 Å². The van der Waals surface area contributed by atoms with E-state index < -0.39 is 0 Å². The molecule has 3 nitrogen and oxygen atoms in total. The molecule has 0 aliphatic heterocycles. The smallest absolute Gasteiger partial charge is 0.236 e. The Morgan fingerprint density at radius 2 is 2.36 bits per heavy atom. The summed E-state index contributed by atoms with van der Waals surface area (Å²) in [6.45, 7) is 0. The van der Waals surface area contributed by atoms with Gasteiger partial charge in [0.25, 0.3) is 0 Å². The molecule has 1 amide bonds. The fraction of sp³-hybridized carbons (Fsp3) is 0.167. The highest BCUT2D eigenvalue weighted by Crippen LogP contribution is 2.10. The molecule has 1 heterocycles. The summed E-state index contributed by atoms with van der Waals surface area (Å²) in [5, 5.41) is 0. The van der Waals surface area contributed by atoms with Crippen LogP contribution in [0.2, 0.25) is 0 Å². The van der Waals surface area contributed by atoms with Crippen molar-refractivity contribution in [3.63, 3.8) is 0 Å². The molecule has 5 heteroatoms. The second-order valence-corrected chi connectivity index (χ2v) is 3.50. The largest absolute Gasteiger partial charge is 0.455 e. The van der Waals surface area contributed by atoms with Crippen LogP contribution in [0.1, 0.15) is 5.76 Å². The van der Waals surface area contributed by atoms with E-state index >= 15 is 0 Å². The molecule has 1 rings (SSSR count). The van der Waals surface area contributed by atoms with E-state index in [0.29, 0.717) is 12.2 Å². The predicted octanol–water partition coefficient (Wildman–Crippen LogP) is 1.89. The van der Waals surface area contributed by atoms with E-state index in [4.69, 9.17) is 4.42 Å². The number of rotatable bonds is 2. The van der Waals surface area contributed by atoms with E-state index in [-0.39, 0.29) is 5.91 Å². The Labute approximate surface area is 91.5 Å². The summed E-state index contributed by atoms with van der Waals surface area (Å²) < 4.78 is 8.47. The maximum atomic E-state index is 10.8. The molecule has 0 aliphatic carbocycles. The minimum Gasteiger partial charge on any atom is -0.455 e. The van der Waals surface area contributed by atoms with Crippen LogP contribution >= 0.6 is 45.5 Å². The van der Waals surface area contributed by atoms with Gasteiger partial charge in [-0.1, -0.05) is 0 Å².